The lowest BCUT2D eigenvalue weighted by Crippen LogP contribution is -2.30. The Morgan fingerprint density at radius 2 is 1.69 bits per heavy atom. The van der Waals surface area contributed by atoms with Crippen LogP contribution in [0.25, 0.3) is 0 Å². The van der Waals surface area contributed by atoms with Crippen LogP contribution in [0.1, 0.15) is 11.6 Å². The first-order valence-electron chi connectivity index (χ1n) is 3.91. The van der Waals surface area contributed by atoms with Crippen molar-refractivity contribution >= 4 is 37.5 Å². The van der Waals surface area contributed by atoms with Crippen molar-refractivity contribution in [1.29, 1.82) is 0 Å². The summed E-state index contributed by atoms with van der Waals surface area (Å²) in [6, 6.07) is -1.24. The lowest BCUT2D eigenvalue weighted by Gasteiger charge is -2.19. The third-order valence-corrected chi connectivity index (χ3v) is 3.14. The fourth-order valence-corrected chi connectivity index (χ4v) is 2.29. The molecule has 0 aliphatic carbocycles. The molecule has 0 aromatic heterocycles. The fourth-order valence-electron chi connectivity index (χ4n) is 1.10. The second-order valence-corrected chi connectivity index (χ2v) is 4.71. The van der Waals surface area contributed by atoms with Crippen LogP contribution in [0.3, 0.4) is 0 Å². The van der Waals surface area contributed by atoms with Crippen LogP contribution < -0.4 is 11.5 Å². The Kier molecular flexibility index (Phi) is 3.86. The second-order valence-electron chi connectivity index (χ2n) is 3.00. The zero-order valence-electron chi connectivity index (χ0n) is 7.58. The Bertz CT molecular complexity index is 393. The van der Waals surface area contributed by atoms with Crippen molar-refractivity contribution in [3.8, 4) is 0 Å². The van der Waals surface area contributed by atoms with Gasteiger partial charge < -0.3 is 11.5 Å². The highest BCUT2D eigenvalue weighted by Crippen LogP contribution is 2.40. The van der Waals surface area contributed by atoms with Crippen LogP contribution >= 0.6 is 31.9 Å². The molecule has 1 rings (SSSR count). The maximum Gasteiger partial charge on any atom is 0.407 e. The molecule has 16 heavy (non-hydrogen) atoms. The van der Waals surface area contributed by atoms with E-state index >= 15 is 0 Å². The van der Waals surface area contributed by atoms with Crippen molar-refractivity contribution < 1.29 is 17.6 Å². The minimum absolute atomic E-state index is 0.136. The molecule has 0 radical (unpaired) electrons. The molecule has 0 aliphatic rings. The van der Waals surface area contributed by atoms with Crippen LogP contribution in [0.4, 0.5) is 23.2 Å². The van der Waals surface area contributed by atoms with Crippen molar-refractivity contribution in [1.82, 2.24) is 0 Å². The summed E-state index contributed by atoms with van der Waals surface area (Å²) in [5.74, 6) is -1.11. The number of rotatable bonds is 1. The molecule has 0 aliphatic heterocycles. The summed E-state index contributed by atoms with van der Waals surface area (Å²) >= 11 is 5.70. The number of alkyl halides is 3. The van der Waals surface area contributed by atoms with Crippen LogP contribution in [-0.4, -0.2) is 6.18 Å². The van der Waals surface area contributed by atoms with Crippen LogP contribution in [0.5, 0.6) is 0 Å². The normalized spacial score (nSPS) is 13.9. The summed E-state index contributed by atoms with van der Waals surface area (Å²) in [5.41, 5.74) is 9.16. The summed E-state index contributed by atoms with van der Waals surface area (Å²) in [7, 11) is 0. The second kappa shape index (κ2) is 4.50. The molecule has 0 fully saturated rings. The first kappa shape index (κ1) is 13.7. The predicted octanol–water partition coefficient (Wildman–Crippen LogP) is 3.50. The minimum atomic E-state index is -4.75. The van der Waals surface area contributed by atoms with Gasteiger partial charge in [0.25, 0.3) is 0 Å². The third-order valence-electron chi connectivity index (χ3n) is 1.91. The van der Waals surface area contributed by atoms with Gasteiger partial charge in [-0.3, -0.25) is 0 Å². The number of nitrogen functional groups attached to an aromatic ring is 1. The molecule has 0 saturated heterocycles. The molecule has 0 unspecified atom stereocenters. The number of benzene rings is 1. The monoisotopic (exact) mass is 364 g/mol. The first-order chi connectivity index (χ1) is 7.16. The number of hydrogen-bond donors (Lipinski definition) is 2. The van der Waals surface area contributed by atoms with Gasteiger partial charge in [0, 0.05) is 10.0 Å². The van der Waals surface area contributed by atoms with Crippen LogP contribution in [0.15, 0.2) is 15.0 Å². The van der Waals surface area contributed by atoms with Gasteiger partial charge >= 0.3 is 6.18 Å². The quantitative estimate of drug-likeness (QED) is 0.454. The third kappa shape index (κ3) is 2.49. The molecule has 0 bridgehead atoms. The first-order valence-corrected chi connectivity index (χ1v) is 5.50. The van der Waals surface area contributed by atoms with E-state index in [2.05, 4.69) is 31.9 Å². The average Bonchev–Trinajstić information content (AvgIpc) is 2.13. The number of anilines is 1. The van der Waals surface area contributed by atoms with Gasteiger partial charge in [0.05, 0.1) is 10.2 Å². The highest BCUT2D eigenvalue weighted by atomic mass is 79.9. The zero-order chi connectivity index (χ0) is 12.7. The molecule has 1 atom stereocenters. The van der Waals surface area contributed by atoms with Gasteiger partial charge in [-0.25, -0.2) is 4.39 Å². The summed E-state index contributed by atoms with van der Waals surface area (Å²) < 4.78 is 50.6. The van der Waals surface area contributed by atoms with E-state index < -0.39 is 23.6 Å². The highest BCUT2D eigenvalue weighted by Gasteiger charge is 2.41. The molecule has 4 N–H and O–H groups in total. The lowest BCUT2D eigenvalue weighted by molar-refractivity contribution is -0.149. The lowest BCUT2D eigenvalue weighted by atomic mass is 10.0. The van der Waals surface area contributed by atoms with Gasteiger partial charge in [-0.05, 0) is 37.9 Å². The van der Waals surface area contributed by atoms with Crippen molar-refractivity contribution in [2.75, 3.05) is 5.73 Å². The van der Waals surface area contributed by atoms with E-state index in [4.69, 9.17) is 11.5 Å². The molecule has 2 nitrogen and oxygen atoms in total. The molecule has 0 spiro atoms. The van der Waals surface area contributed by atoms with Crippen molar-refractivity contribution in [2.45, 2.75) is 12.2 Å². The van der Waals surface area contributed by atoms with Crippen molar-refractivity contribution in [3.05, 3.63) is 26.4 Å². The SMILES string of the molecule is Nc1c(Br)cc(Br)c(F)c1[C@@H](N)C(F)(F)F. The van der Waals surface area contributed by atoms with E-state index in [1.807, 2.05) is 0 Å². The van der Waals surface area contributed by atoms with E-state index in [9.17, 15) is 17.6 Å². The summed E-state index contributed by atoms with van der Waals surface area (Å²) in [4.78, 5) is 0. The minimum Gasteiger partial charge on any atom is -0.397 e. The number of nitrogens with two attached hydrogens (primary N) is 2. The molecule has 0 amide bonds. The largest absolute Gasteiger partial charge is 0.407 e. The zero-order valence-corrected chi connectivity index (χ0v) is 10.7. The average molecular weight is 366 g/mol. The molecule has 8 heteroatoms. The topological polar surface area (TPSA) is 52.0 Å². The van der Waals surface area contributed by atoms with Gasteiger partial charge in [0.2, 0.25) is 0 Å². The van der Waals surface area contributed by atoms with Gasteiger partial charge in [0.1, 0.15) is 11.9 Å². The molecule has 90 valence electrons. The van der Waals surface area contributed by atoms with E-state index in [-0.39, 0.29) is 14.6 Å². The molecule has 0 saturated carbocycles. The molecular weight excluding hydrogens is 360 g/mol. The summed E-state index contributed by atoms with van der Waals surface area (Å²) in [6.07, 6.45) is -4.75. The summed E-state index contributed by atoms with van der Waals surface area (Å²) in [6.45, 7) is 0. The van der Waals surface area contributed by atoms with Crippen molar-refractivity contribution in [2.24, 2.45) is 5.73 Å². The standard InChI is InChI=1S/C8H6Br2F4N2/c9-2-1-3(10)6(15)4(5(2)11)7(16)8(12,13)14/h1,7H,15-16H2/t7-/m1/s1. The maximum absolute atomic E-state index is 13.5. The number of hydrogen-bond acceptors (Lipinski definition) is 2. The van der Waals surface area contributed by atoms with E-state index in [0.29, 0.717) is 0 Å². The van der Waals surface area contributed by atoms with E-state index in [1.54, 1.807) is 0 Å². The van der Waals surface area contributed by atoms with Gasteiger partial charge in [0.15, 0.2) is 0 Å². The maximum atomic E-state index is 13.5. The van der Waals surface area contributed by atoms with Gasteiger partial charge in [-0.2, -0.15) is 13.2 Å². The molecule has 1 aromatic rings. The molecular formula is C8H6Br2F4N2. The Labute approximate surface area is 105 Å². The molecule has 0 heterocycles. The Balaban J connectivity index is 3.44. The van der Waals surface area contributed by atoms with E-state index in [0.717, 1.165) is 0 Å². The van der Waals surface area contributed by atoms with E-state index in [1.165, 1.54) is 6.07 Å². The van der Waals surface area contributed by atoms with Gasteiger partial charge in [-0.15, -0.1) is 0 Å². The fraction of sp³-hybridized carbons (Fsp3) is 0.250. The van der Waals surface area contributed by atoms with Crippen LogP contribution in [0, 0.1) is 5.82 Å². The Morgan fingerprint density at radius 3 is 2.12 bits per heavy atom. The highest BCUT2D eigenvalue weighted by molar-refractivity contribution is 9.11. The Hall–Kier alpha value is -0.340. The van der Waals surface area contributed by atoms with Gasteiger partial charge in [-0.1, -0.05) is 0 Å². The van der Waals surface area contributed by atoms with Crippen LogP contribution in [0.2, 0.25) is 0 Å². The number of halogens is 6. The predicted molar refractivity (Wildman–Crippen MR) is 59.2 cm³/mol. The smallest absolute Gasteiger partial charge is 0.397 e. The van der Waals surface area contributed by atoms with Crippen molar-refractivity contribution in [3.63, 3.8) is 0 Å². The molecule has 1 aromatic carbocycles. The van der Waals surface area contributed by atoms with Crippen LogP contribution in [-0.2, 0) is 0 Å². The summed E-state index contributed by atoms with van der Waals surface area (Å²) in [5, 5.41) is 0. The Morgan fingerprint density at radius 1 is 1.19 bits per heavy atom.